The molecule has 2 rings (SSSR count). The van der Waals surface area contributed by atoms with Crippen LogP contribution in [0.3, 0.4) is 0 Å². The minimum absolute atomic E-state index is 0.121. The maximum Gasteiger partial charge on any atom is 0.276 e. The van der Waals surface area contributed by atoms with Crippen LogP contribution in [0, 0.1) is 40.5 Å². The topological polar surface area (TPSA) is 173 Å². The molecule has 0 unspecified atom stereocenters. The smallest absolute Gasteiger partial charge is 0.258 e. The summed E-state index contributed by atoms with van der Waals surface area (Å²) in [7, 11) is 0. The Balaban J connectivity index is 2.51. The van der Waals surface area contributed by atoms with E-state index in [1.165, 1.54) is 0 Å². The van der Waals surface area contributed by atoms with Crippen molar-refractivity contribution in [3.05, 3.63) is 88.0 Å². The molecule has 2 aromatic carbocycles. The van der Waals surface area contributed by atoms with Gasteiger partial charge in [-0.15, -0.1) is 0 Å². The molecule has 0 N–H and O–H groups in total. The van der Waals surface area contributed by atoms with Gasteiger partial charge in [-0.2, -0.15) is 0 Å². The average Bonchev–Trinajstić information content (AvgIpc) is 2.53. The molecule has 25 heavy (non-hydrogen) atoms. The zero-order valence-electron chi connectivity index (χ0n) is 12.2. The number of non-ortho nitro benzene ring substituents is 4. The SMILES string of the molecule is O=[N+]([O-])c1cc(Cc2cc([N+](=O)[O-])cc([N+](=O)[O-])c2)cc([N+](=O)[O-])c1. The first-order chi connectivity index (χ1) is 11.7. The van der Waals surface area contributed by atoms with Crippen molar-refractivity contribution in [3.63, 3.8) is 0 Å². The lowest BCUT2D eigenvalue weighted by molar-refractivity contribution is -0.394. The number of hydrogen-bond acceptors (Lipinski definition) is 8. The first-order valence-electron chi connectivity index (χ1n) is 6.53. The molecule has 0 aromatic heterocycles. The summed E-state index contributed by atoms with van der Waals surface area (Å²) >= 11 is 0. The molecule has 0 saturated carbocycles. The van der Waals surface area contributed by atoms with Gasteiger partial charge in [0.15, 0.2) is 0 Å². The van der Waals surface area contributed by atoms with Gasteiger partial charge in [-0.1, -0.05) is 0 Å². The van der Waals surface area contributed by atoms with Gasteiger partial charge in [0.05, 0.1) is 31.8 Å². The fraction of sp³-hybridized carbons (Fsp3) is 0.0769. The van der Waals surface area contributed by atoms with Crippen molar-refractivity contribution < 1.29 is 19.7 Å². The van der Waals surface area contributed by atoms with Crippen LogP contribution in [0.25, 0.3) is 0 Å². The van der Waals surface area contributed by atoms with Crippen LogP contribution in [-0.2, 0) is 6.42 Å². The van der Waals surface area contributed by atoms with E-state index in [1.54, 1.807) is 0 Å². The van der Waals surface area contributed by atoms with Gasteiger partial charge in [0, 0.05) is 24.3 Å². The van der Waals surface area contributed by atoms with Gasteiger partial charge in [-0.05, 0) is 17.5 Å². The highest BCUT2D eigenvalue weighted by molar-refractivity contribution is 5.51. The third-order valence-electron chi connectivity index (χ3n) is 3.18. The lowest BCUT2D eigenvalue weighted by atomic mass is 10.0. The molecule has 0 spiro atoms. The van der Waals surface area contributed by atoms with Gasteiger partial charge in [-0.25, -0.2) is 0 Å². The average molecular weight is 348 g/mol. The first-order valence-corrected chi connectivity index (χ1v) is 6.53. The summed E-state index contributed by atoms with van der Waals surface area (Å²) in [6, 6.07) is 5.82. The molecule has 0 aliphatic rings. The fourth-order valence-corrected chi connectivity index (χ4v) is 2.17. The molecule has 0 fully saturated rings. The molecule has 0 bridgehead atoms. The Morgan fingerprint density at radius 1 is 0.520 bits per heavy atom. The highest BCUT2D eigenvalue weighted by atomic mass is 16.6. The van der Waals surface area contributed by atoms with Crippen molar-refractivity contribution in [2.75, 3.05) is 0 Å². The fourth-order valence-electron chi connectivity index (χ4n) is 2.17. The lowest BCUT2D eigenvalue weighted by Crippen LogP contribution is -1.99. The van der Waals surface area contributed by atoms with E-state index in [0.29, 0.717) is 0 Å². The van der Waals surface area contributed by atoms with Crippen LogP contribution in [0.2, 0.25) is 0 Å². The predicted octanol–water partition coefficient (Wildman–Crippen LogP) is 2.91. The van der Waals surface area contributed by atoms with Gasteiger partial charge in [0.25, 0.3) is 22.7 Å². The second kappa shape index (κ2) is 6.66. The van der Waals surface area contributed by atoms with Crippen LogP contribution in [-0.4, -0.2) is 19.7 Å². The Hall–Kier alpha value is -3.96. The van der Waals surface area contributed by atoms with Crippen LogP contribution in [0.1, 0.15) is 11.1 Å². The zero-order valence-corrected chi connectivity index (χ0v) is 12.2. The molecule has 12 nitrogen and oxygen atoms in total. The van der Waals surface area contributed by atoms with Crippen molar-refractivity contribution in [2.45, 2.75) is 6.42 Å². The summed E-state index contributed by atoms with van der Waals surface area (Å²) in [6.07, 6.45) is -0.189. The van der Waals surface area contributed by atoms with Gasteiger partial charge in [-0.3, -0.25) is 40.5 Å². The van der Waals surface area contributed by atoms with E-state index in [0.717, 1.165) is 36.4 Å². The monoisotopic (exact) mass is 348 g/mol. The Morgan fingerprint density at radius 2 is 0.760 bits per heavy atom. The highest BCUT2D eigenvalue weighted by Gasteiger charge is 2.19. The van der Waals surface area contributed by atoms with Crippen molar-refractivity contribution in [3.8, 4) is 0 Å². The highest BCUT2D eigenvalue weighted by Crippen LogP contribution is 2.27. The van der Waals surface area contributed by atoms with Gasteiger partial charge >= 0.3 is 0 Å². The zero-order chi connectivity index (χ0) is 18.7. The molecule has 0 heterocycles. The molecule has 128 valence electrons. The summed E-state index contributed by atoms with van der Waals surface area (Å²) in [5.74, 6) is 0. The number of nitro benzene ring substituents is 4. The standard InChI is InChI=1S/C13H8N4O8/c18-14(19)10-2-8(3-11(6-10)15(20)21)1-9-4-12(16(22)23)7-13(5-9)17(24)25/h2-7H,1H2. The van der Waals surface area contributed by atoms with E-state index >= 15 is 0 Å². The largest absolute Gasteiger partial charge is 0.276 e. The van der Waals surface area contributed by atoms with E-state index in [-0.39, 0.29) is 17.5 Å². The predicted molar refractivity (Wildman–Crippen MR) is 82.3 cm³/mol. The van der Waals surface area contributed by atoms with Crippen molar-refractivity contribution in [1.29, 1.82) is 0 Å². The summed E-state index contributed by atoms with van der Waals surface area (Å²) < 4.78 is 0. The second-order valence-corrected chi connectivity index (χ2v) is 4.92. The minimum Gasteiger partial charge on any atom is -0.258 e. The molecular weight excluding hydrogens is 340 g/mol. The van der Waals surface area contributed by atoms with Crippen LogP contribution >= 0.6 is 0 Å². The number of hydrogen-bond donors (Lipinski definition) is 0. The van der Waals surface area contributed by atoms with E-state index in [1.807, 2.05) is 0 Å². The van der Waals surface area contributed by atoms with E-state index in [2.05, 4.69) is 0 Å². The number of nitro groups is 4. The Kier molecular flexibility index (Phi) is 4.63. The molecule has 2 aromatic rings. The molecule has 12 heteroatoms. The van der Waals surface area contributed by atoms with E-state index in [4.69, 9.17) is 0 Å². The Bertz CT molecular complexity index is 773. The van der Waals surface area contributed by atoms with Gasteiger partial charge in [0.2, 0.25) is 0 Å². The molecule has 0 aliphatic carbocycles. The molecule has 0 radical (unpaired) electrons. The quantitative estimate of drug-likeness (QED) is 0.565. The number of rotatable bonds is 6. The number of nitrogens with zero attached hydrogens (tertiary/aromatic N) is 4. The minimum atomic E-state index is -0.813. The maximum atomic E-state index is 10.9. The van der Waals surface area contributed by atoms with E-state index in [9.17, 15) is 40.5 Å². The maximum absolute atomic E-state index is 10.9. The van der Waals surface area contributed by atoms with Crippen LogP contribution in [0.4, 0.5) is 22.7 Å². The summed E-state index contributed by atoms with van der Waals surface area (Å²) in [5, 5.41) is 43.5. The van der Waals surface area contributed by atoms with Crippen molar-refractivity contribution in [2.24, 2.45) is 0 Å². The molecule has 0 saturated heterocycles. The molecule has 0 aliphatic heterocycles. The normalized spacial score (nSPS) is 10.2. The molecule has 0 amide bonds. The van der Waals surface area contributed by atoms with E-state index < -0.39 is 42.4 Å². The third kappa shape index (κ3) is 4.07. The third-order valence-corrected chi connectivity index (χ3v) is 3.18. The van der Waals surface area contributed by atoms with Crippen LogP contribution in [0.15, 0.2) is 36.4 Å². The van der Waals surface area contributed by atoms with Crippen molar-refractivity contribution >= 4 is 22.7 Å². The Morgan fingerprint density at radius 3 is 0.960 bits per heavy atom. The summed E-state index contributed by atoms with van der Waals surface area (Å²) in [6.45, 7) is 0. The van der Waals surface area contributed by atoms with Crippen molar-refractivity contribution in [1.82, 2.24) is 0 Å². The van der Waals surface area contributed by atoms with Gasteiger partial charge < -0.3 is 0 Å². The lowest BCUT2D eigenvalue weighted by Gasteiger charge is -2.03. The number of benzene rings is 2. The summed E-state index contributed by atoms with van der Waals surface area (Å²) in [5.41, 5.74) is -1.85. The van der Waals surface area contributed by atoms with Crippen LogP contribution in [0.5, 0.6) is 0 Å². The molecular formula is C13H8N4O8. The van der Waals surface area contributed by atoms with Crippen LogP contribution < -0.4 is 0 Å². The second-order valence-electron chi connectivity index (χ2n) is 4.92. The first kappa shape index (κ1) is 17.4. The molecule has 0 atom stereocenters. The summed E-state index contributed by atoms with van der Waals surface area (Å²) in [4.78, 5) is 40.2. The van der Waals surface area contributed by atoms with Gasteiger partial charge in [0.1, 0.15) is 0 Å². The Labute approximate surface area is 137 Å².